The van der Waals surface area contributed by atoms with Crippen molar-refractivity contribution in [1.29, 1.82) is 0 Å². The highest BCUT2D eigenvalue weighted by Crippen LogP contribution is 2.36. The van der Waals surface area contributed by atoms with E-state index in [1.165, 1.54) is 25.7 Å². The first kappa shape index (κ1) is 8.10. The minimum absolute atomic E-state index is 0.927. The summed E-state index contributed by atoms with van der Waals surface area (Å²) in [7, 11) is 0. The van der Waals surface area contributed by atoms with Gasteiger partial charge in [0.2, 0.25) is 0 Å². The van der Waals surface area contributed by atoms with Gasteiger partial charge < -0.3 is 0 Å². The van der Waals surface area contributed by atoms with Crippen LogP contribution in [0.1, 0.15) is 46.5 Å². The minimum Gasteiger partial charge on any atom is -0.0651 e. The Bertz CT molecular complexity index is 94.2. The van der Waals surface area contributed by atoms with Crippen LogP contribution in [0.2, 0.25) is 0 Å². The standard InChI is InChI=1S/C10H20/c1-4-9-5-6-10(7-9)8(2)3/h8-10H,4-7H2,1-3H3/t9?,10-/m1/s1. The van der Waals surface area contributed by atoms with E-state index in [1.807, 2.05) is 0 Å². The van der Waals surface area contributed by atoms with E-state index in [1.54, 1.807) is 0 Å². The second-order valence-electron chi connectivity index (χ2n) is 4.09. The summed E-state index contributed by atoms with van der Waals surface area (Å²) in [6.45, 7) is 7.05. The van der Waals surface area contributed by atoms with E-state index in [0.717, 1.165) is 17.8 Å². The van der Waals surface area contributed by atoms with Gasteiger partial charge in [-0.15, -0.1) is 0 Å². The van der Waals surface area contributed by atoms with E-state index in [4.69, 9.17) is 0 Å². The zero-order valence-electron chi connectivity index (χ0n) is 7.56. The summed E-state index contributed by atoms with van der Waals surface area (Å²) in [5, 5.41) is 0. The van der Waals surface area contributed by atoms with Gasteiger partial charge in [0, 0.05) is 0 Å². The molecule has 0 N–H and O–H groups in total. The zero-order valence-corrected chi connectivity index (χ0v) is 7.56. The van der Waals surface area contributed by atoms with Crippen molar-refractivity contribution in [3.8, 4) is 0 Å². The van der Waals surface area contributed by atoms with Crippen LogP contribution in [-0.2, 0) is 0 Å². The Balaban J connectivity index is 2.28. The summed E-state index contributed by atoms with van der Waals surface area (Å²) in [6, 6.07) is 0. The fourth-order valence-electron chi connectivity index (χ4n) is 2.09. The molecule has 2 atom stereocenters. The molecule has 1 unspecified atom stereocenters. The van der Waals surface area contributed by atoms with Crippen molar-refractivity contribution in [2.24, 2.45) is 17.8 Å². The Labute approximate surface area is 65.0 Å². The summed E-state index contributed by atoms with van der Waals surface area (Å²) in [4.78, 5) is 0. The van der Waals surface area contributed by atoms with Crippen molar-refractivity contribution in [3.05, 3.63) is 0 Å². The highest BCUT2D eigenvalue weighted by Gasteiger charge is 2.24. The predicted octanol–water partition coefficient (Wildman–Crippen LogP) is 3.47. The maximum atomic E-state index is 2.36. The van der Waals surface area contributed by atoms with Crippen LogP contribution in [0, 0.1) is 17.8 Å². The maximum absolute atomic E-state index is 2.36. The zero-order chi connectivity index (χ0) is 7.56. The molecule has 1 saturated carbocycles. The van der Waals surface area contributed by atoms with Crippen LogP contribution >= 0.6 is 0 Å². The second-order valence-corrected chi connectivity index (χ2v) is 4.09. The largest absolute Gasteiger partial charge is 0.0651 e. The van der Waals surface area contributed by atoms with Gasteiger partial charge in [-0.3, -0.25) is 0 Å². The Hall–Kier alpha value is 0. The molecule has 0 nitrogen and oxygen atoms in total. The molecule has 1 aliphatic carbocycles. The Morgan fingerprint density at radius 3 is 2.30 bits per heavy atom. The van der Waals surface area contributed by atoms with Crippen LogP contribution in [0.25, 0.3) is 0 Å². The molecule has 1 aliphatic rings. The summed E-state index contributed by atoms with van der Waals surface area (Å²) >= 11 is 0. The first-order valence-electron chi connectivity index (χ1n) is 4.74. The van der Waals surface area contributed by atoms with Crippen molar-refractivity contribution >= 4 is 0 Å². The highest BCUT2D eigenvalue weighted by atomic mass is 14.3. The SMILES string of the molecule is CCC1CC[C@@H](C(C)C)C1. The van der Waals surface area contributed by atoms with E-state index >= 15 is 0 Å². The van der Waals surface area contributed by atoms with Crippen LogP contribution < -0.4 is 0 Å². The smallest absolute Gasteiger partial charge is 0.0388 e. The summed E-state index contributed by atoms with van der Waals surface area (Å²) in [6.07, 6.45) is 5.91. The molecular weight excluding hydrogens is 120 g/mol. The lowest BCUT2D eigenvalue weighted by Crippen LogP contribution is -2.03. The Morgan fingerprint density at radius 2 is 2.00 bits per heavy atom. The normalized spacial score (nSPS) is 33.6. The molecule has 0 spiro atoms. The average molecular weight is 140 g/mol. The molecule has 0 saturated heterocycles. The highest BCUT2D eigenvalue weighted by molar-refractivity contribution is 4.76. The molecule has 0 bridgehead atoms. The first-order chi connectivity index (χ1) is 4.74. The van der Waals surface area contributed by atoms with E-state index < -0.39 is 0 Å². The lowest BCUT2D eigenvalue weighted by atomic mass is 9.93. The molecule has 10 heavy (non-hydrogen) atoms. The molecule has 0 aromatic rings. The van der Waals surface area contributed by atoms with Crippen LogP contribution in [-0.4, -0.2) is 0 Å². The molecular formula is C10H20. The number of hydrogen-bond acceptors (Lipinski definition) is 0. The lowest BCUT2D eigenvalue weighted by molar-refractivity contribution is 0.376. The second kappa shape index (κ2) is 3.41. The predicted molar refractivity (Wildman–Crippen MR) is 46.0 cm³/mol. The molecule has 0 aliphatic heterocycles. The molecule has 0 radical (unpaired) electrons. The third kappa shape index (κ3) is 1.74. The van der Waals surface area contributed by atoms with Gasteiger partial charge in [-0.05, 0) is 30.6 Å². The van der Waals surface area contributed by atoms with Crippen molar-refractivity contribution in [2.75, 3.05) is 0 Å². The van der Waals surface area contributed by atoms with Gasteiger partial charge in [0.05, 0.1) is 0 Å². The molecule has 60 valence electrons. The lowest BCUT2D eigenvalue weighted by Gasteiger charge is -2.13. The third-order valence-corrected chi connectivity index (χ3v) is 3.10. The van der Waals surface area contributed by atoms with Crippen LogP contribution in [0.15, 0.2) is 0 Å². The van der Waals surface area contributed by atoms with Gasteiger partial charge in [-0.25, -0.2) is 0 Å². The summed E-state index contributed by atoms with van der Waals surface area (Å²) < 4.78 is 0. The van der Waals surface area contributed by atoms with Gasteiger partial charge >= 0.3 is 0 Å². The molecule has 1 rings (SSSR count). The van der Waals surface area contributed by atoms with Crippen molar-refractivity contribution in [2.45, 2.75) is 46.5 Å². The Morgan fingerprint density at radius 1 is 1.30 bits per heavy atom. The number of rotatable bonds is 2. The van der Waals surface area contributed by atoms with Gasteiger partial charge in [0.15, 0.2) is 0 Å². The molecule has 0 heteroatoms. The van der Waals surface area contributed by atoms with Crippen molar-refractivity contribution in [3.63, 3.8) is 0 Å². The fraction of sp³-hybridized carbons (Fsp3) is 1.00. The van der Waals surface area contributed by atoms with Crippen molar-refractivity contribution in [1.82, 2.24) is 0 Å². The Kier molecular flexibility index (Phi) is 2.76. The average Bonchev–Trinajstić information content (AvgIpc) is 2.34. The molecule has 0 heterocycles. The minimum atomic E-state index is 0.927. The van der Waals surface area contributed by atoms with Gasteiger partial charge in [-0.1, -0.05) is 33.6 Å². The first-order valence-corrected chi connectivity index (χ1v) is 4.74. The van der Waals surface area contributed by atoms with Gasteiger partial charge in [0.1, 0.15) is 0 Å². The van der Waals surface area contributed by atoms with E-state index in [0.29, 0.717) is 0 Å². The summed E-state index contributed by atoms with van der Waals surface area (Å²) in [5.74, 6) is 3.04. The number of hydrogen-bond donors (Lipinski definition) is 0. The van der Waals surface area contributed by atoms with E-state index in [9.17, 15) is 0 Å². The van der Waals surface area contributed by atoms with Crippen LogP contribution in [0.3, 0.4) is 0 Å². The maximum Gasteiger partial charge on any atom is -0.0388 e. The third-order valence-electron chi connectivity index (χ3n) is 3.10. The molecule has 0 amide bonds. The van der Waals surface area contributed by atoms with Gasteiger partial charge in [0.25, 0.3) is 0 Å². The van der Waals surface area contributed by atoms with Crippen molar-refractivity contribution < 1.29 is 0 Å². The molecule has 1 fully saturated rings. The van der Waals surface area contributed by atoms with E-state index in [-0.39, 0.29) is 0 Å². The van der Waals surface area contributed by atoms with Crippen LogP contribution in [0.4, 0.5) is 0 Å². The van der Waals surface area contributed by atoms with Crippen LogP contribution in [0.5, 0.6) is 0 Å². The quantitative estimate of drug-likeness (QED) is 0.551. The molecule has 0 aromatic heterocycles. The topological polar surface area (TPSA) is 0 Å². The summed E-state index contributed by atoms with van der Waals surface area (Å²) in [5.41, 5.74) is 0. The van der Waals surface area contributed by atoms with E-state index in [2.05, 4.69) is 20.8 Å². The molecule has 0 aromatic carbocycles. The van der Waals surface area contributed by atoms with Gasteiger partial charge in [-0.2, -0.15) is 0 Å². The fourth-order valence-corrected chi connectivity index (χ4v) is 2.09. The monoisotopic (exact) mass is 140 g/mol.